The quantitative estimate of drug-likeness (QED) is 0.474. The molecule has 1 aliphatic heterocycles. The molecule has 0 saturated carbocycles. The van der Waals surface area contributed by atoms with Gasteiger partial charge in [-0.2, -0.15) is 0 Å². The number of rotatable bonds is 5. The van der Waals surface area contributed by atoms with Crippen LogP contribution in [0.5, 0.6) is 0 Å². The van der Waals surface area contributed by atoms with Crippen LogP contribution in [-0.4, -0.2) is 17.4 Å². The number of para-hydroxylation sites is 2. The predicted octanol–water partition coefficient (Wildman–Crippen LogP) is 4.75. The number of aromatic nitrogens is 1. The van der Waals surface area contributed by atoms with Gasteiger partial charge in [0.15, 0.2) is 0 Å². The van der Waals surface area contributed by atoms with Gasteiger partial charge in [0.2, 0.25) is 0 Å². The zero-order valence-electron chi connectivity index (χ0n) is 19.3. The third-order valence-electron chi connectivity index (χ3n) is 6.58. The highest BCUT2D eigenvalue weighted by molar-refractivity contribution is 6.13. The second-order valence-electron chi connectivity index (χ2n) is 9.21. The Hall–Kier alpha value is -3.50. The lowest BCUT2D eigenvalue weighted by molar-refractivity contribution is -0.929. The maximum absolute atomic E-state index is 13.8. The van der Waals surface area contributed by atoms with Crippen molar-refractivity contribution in [2.45, 2.75) is 39.3 Å². The number of nitrogens with one attached hydrogen (secondary N) is 2. The molecule has 0 bridgehead atoms. The second kappa shape index (κ2) is 9.16. The van der Waals surface area contributed by atoms with Crippen LogP contribution >= 0.6 is 0 Å². The van der Waals surface area contributed by atoms with E-state index in [1.54, 1.807) is 0 Å². The summed E-state index contributed by atoms with van der Waals surface area (Å²) in [7, 11) is 0. The SMILES string of the molecule is CC(C)c1ccccc1NC(=O)c1c2c(nc3ccccc13)CC[NH+](Cc1ccccc1)C2. The molecule has 1 aliphatic rings. The number of fused-ring (bicyclic) bond motifs is 2. The average molecular weight is 437 g/mol. The maximum atomic E-state index is 13.8. The van der Waals surface area contributed by atoms with Gasteiger partial charge >= 0.3 is 0 Å². The molecule has 4 nitrogen and oxygen atoms in total. The lowest BCUT2D eigenvalue weighted by Crippen LogP contribution is -3.10. The van der Waals surface area contributed by atoms with E-state index in [1.165, 1.54) is 10.5 Å². The Morgan fingerprint density at radius 3 is 2.52 bits per heavy atom. The smallest absolute Gasteiger partial charge is 0.256 e. The van der Waals surface area contributed by atoms with Gasteiger partial charge in [0.25, 0.3) is 5.91 Å². The van der Waals surface area contributed by atoms with Crippen molar-refractivity contribution in [3.05, 3.63) is 107 Å². The van der Waals surface area contributed by atoms with E-state index in [9.17, 15) is 4.79 Å². The molecule has 1 amide bonds. The Bertz CT molecular complexity index is 1300. The third-order valence-corrected chi connectivity index (χ3v) is 6.58. The first-order valence-corrected chi connectivity index (χ1v) is 11.8. The summed E-state index contributed by atoms with van der Waals surface area (Å²) in [6, 6.07) is 26.7. The second-order valence-corrected chi connectivity index (χ2v) is 9.21. The summed E-state index contributed by atoms with van der Waals surface area (Å²) in [5, 5.41) is 4.17. The van der Waals surface area contributed by atoms with Gasteiger partial charge in [0, 0.05) is 28.6 Å². The van der Waals surface area contributed by atoms with Crippen molar-refractivity contribution in [2.24, 2.45) is 0 Å². The average Bonchev–Trinajstić information content (AvgIpc) is 2.83. The van der Waals surface area contributed by atoms with Crippen LogP contribution in [0.25, 0.3) is 10.9 Å². The summed E-state index contributed by atoms with van der Waals surface area (Å²) < 4.78 is 0. The van der Waals surface area contributed by atoms with Crippen LogP contribution in [0.2, 0.25) is 0 Å². The first-order chi connectivity index (χ1) is 16.1. The molecule has 1 atom stereocenters. The van der Waals surface area contributed by atoms with Crippen LogP contribution in [-0.2, 0) is 19.5 Å². The molecule has 166 valence electrons. The molecular weight excluding hydrogens is 406 g/mol. The van der Waals surface area contributed by atoms with Crippen molar-refractivity contribution in [3.8, 4) is 0 Å². The van der Waals surface area contributed by atoms with Gasteiger partial charge in [-0.1, -0.05) is 80.6 Å². The summed E-state index contributed by atoms with van der Waals surface area (Å²) in [6.07, 6.45) is 0.880. The highest BCUT2D eigenvalue weighted by atomic mass is 16.1. The number of nitrogens with zero attached hydrogens (tertiary/aromatic N) is 1. The Kier molecular flexibility index (Phi) is 5.93. The summed E-state index contributed by atoms with van der Waals surface area (Å²) in [4.78, 5) is 20.2. The molecular formula is C29H30N3O+. The minimum Gasteiger partial charge on any atom is -0.327 e. The minimum atomic E-state index is -0.0427. The number of anilines is 1. The van der Waals surface area contributed by atoms with E-state index in [0.29, 0.717) is 5.92 Å². The van der Waals surface area contributed by atoms with Crippen molar-refractivity contribution in [2.75, 3.05) is 11.9 Å². The molecule has 4 aromatic rings. The lowest BCUT2D eigenvalue weighted by atomic mass is 9.94. The fourth-order valence-electron chi connectivity index (χ4n) is 4.93. The maximum Gasteiger partial charge on any atom is 0.256 e. The monoisotopic (exact) mass is 436 g/mol. The number of carbonyl (C=O) groups is 1. The molecule has 4 heteroatoms. The fourth-order valence-corrected chi connectivity index (χ4v) is 4.93. The van der Waals surface area contributed by atoms with E-state index in [4.69, 9.17) is 4.98 Å². The molecule has 2 N–H and O–H groups in total. The van der Waals surface area contributed by atoms with Crippen molar-refractivity contribution in [1.29, 1.82) is 0 Å². The van der Waals surface area contributed by atoms with Gasteiger partial charge in [-0.3, -0.25) is 9.78 Å². The number of hydrogen-bond acceptors (Lipinski definition) is 2. The molecule has 0 fully saturated rings. The third kappa shape index (κ3) is 4.39. The lowest BCUT2D eigenvalue weighted by Gasteiger charge is -2.28. The zero-order valence-corrected chi connectivity index (χ0v) is 19.3. The summed E-state index contributed by atoms with van der Waals surface area (Å²) >= 11 is 0. The molecule has 0 aliphatic carbocycles. The van der Waals surface area contributed by atoms with E-state index >= 15 is 0 Å². The van der Waals surface area contributed by atoms with Crippen LogP contribution in [0.4, 0.5) is 5.69 Å². The van der Waals surface area contributed by atoms with Gasteiger partial charge < -0.3 is 10.2 Å². The number of carbonyl (C=O) groups excluding carboxylic acids is 1. The molecule has 0 spiro atoms. The van der Waals surface area contributed by atoms with E-state index in [2.05, 4.69) is 55.6 Å². The van der Waals surface area contributed by atoms with Crippen molar-refractivity contribution in [3.63, 3.8) is 0 Å². The number of amides is 1. The van der Waals surface area contributed by atoms with Crippen molar-refractivity contribution < 1.29 is 9.69 Å². The summed E-state index contributed by atoms with van der Waals surface area (Å²) in [5.74, 6) is 0.286. The highest BCUT2D eigenvalue weighted by Crippen LogP contribution is 2.28. The normalized spacial score (nSPS) is 15.4. The number of hydrogen-bond donors (Lipinski definition) is 2. The Morgan fingerprint density at radius 2 is 1.70 bits per heavy atom. The molecule has 0 radical (unpaired) electrons. The summed E-state index contributed by atoms with van der Waals surface area (Å²) in [6.45, 7) is 7.07. The molecule has 5 rings (SSSR count). The molecule has 3 aromatic carbocycles. The first kappa shape index (κ1) is 21.4. The van der Waals surface area contributed by atoms with Crippen LogP contribution in [0.1, 0.15) is 52.5 Å². The Balaban J connectivity index is 1.54. The van der Waals surface area contributed by atoms with Gasteiger partial charge in [-0.15, -0.1) is 0 Å². The van der Waals surface area contributed by atoms with Crippen LogP contribution in [0.3, 0.4) is 0 Å². The Morgan fingerprint density at radius 1 is 0.970 bits per heavy atom. The number of pyridine rings is 1. The van der Waals surface area contributed by atoms with Crippen LogP contribution in [0, 0.1) is 0 Å². The minimum absolute atomic E-state index is 0.0427. The van der Waals surface area contributed by atoms with Gasteiger partial charge in [0.1, 0.15) is 13.1 Å². The van der Waals surface area contributed by atoms with E-state index in [0.717, 1.165) is 65.0 Å². The summed E-state index contributed by atoms with van der Waals surface area (Å²) in [5.41, 5.74) is 7.18. The molecule has 1 unspecified atom stereocenters. The largest absolute Gasteiger partial charge is 0.327 e. The van der Waals surface area contributed by atoms with Crippen molar-refractivity contribution >= 4 is 22.5 Å². The van der Waals surface area contributed by atoms with Gasteiger partial charge in [-0.25, -0.2) is 0 Å². The van der Waals surface area contributed by atoms with Crippen LogP contribution in [0.15, 0.2) is 78.9 Å². The number of quaternary nitrogens is 1. The highest BCUT2D eigenvalue weighted by Gasteiger charge is 2.28. The predicted molar refractivity (Wildman–Crippen MR) is 134 cm³/mol. The van der Waals surface area contributed by atoms with Gasteiger partial charge in [0.05, 0.1) is 23.3 Å². The van der Waals surface area contributed by atoms with E-state index < -0.39 is 0 Å². The first-order valence-electron chi connectivity index (χ1n) is 11.8. The zero-order chi connectivity index (χ0) is 22.8. The van der Waals surface area contributed by atoms with Crippen molar-refractivity contribution in [1.82, 2.24) is 4.98 Å². The number of benzene rings is 3. The Labute approximate surface area is 195 Å². The standard InChI is InChI=1S/C29H29N3O/c1-20(2)22-12-6-8-14-25(22)31-29(33)28-23-13-7-9-15-26(23)30-27-16-17-32(19-24(27)28)18-21-10-4-3-5-11-21/h3-15,20H,16-19H2,1-2H3,(H,31,33)/p+1. The van der Waals surface area contributed by atoms with Gasteiger partial charge in [-0.05, 0) is 23.6 Å². The topological polar surface area (TPSA) is 46.4 Å². The van der Waals surface area contributed by atoms with E-state index in [1.807, 2.05) is 42.5 Å². The fraction of sp³-hybridized carbons (Fsp3) is 0.241. The molecule has 0 saturated heterocycles. The molecule has 2 heterocycles. The van der Waals surface area contributed by atoms with Crippen LogP contribution < -0.4 is 10.2 Å². The molecule has 1 aromatic heterocycles. The molecule has 33 heavy (non-hydrogen) atoms. The van der Waals surface area contributed by atoms with E-state index in [-0.39, 0.29) is 5.91 Å².